The molecule has 0 saturated carbocycles. The third-order valence-corrected chi connectivity index (χ3v) is 3.40. The van der Waals surface area contributed by atoms with Crippen molar-refractivity contribution in [3.8, 4) is 11.3 Å². The Morgan fingerprint density at radius 3 is 2.54 bits per heavy atom. The van der Waals surface area contributed by atoms with Crippen molar-refractivity contribution in [1.29, 1.82) is 0 Å². The molecule has 8 heteroatoms. The fraction of sp³-hybridized carbons (Fsp3) is 0.333. The van der Waals surface area contributed by atoms with Crippen molar-refractivity contribution in [2.45, 2.75) is 39.8 Å². The van der Waals surface area contributed by atoms with E-state index in [1.54, 1.807) is 39.0 Å². The van der Waals surface area contributed by atoms with Gasteiger partial charge in [-0.15, -0.1) is 0 Å². The summed E-state index contributed by atoms with van der Waals surface area (Å²) in [5.74, 6) is -0.800. The molecule has 0 radical (unpaired) electrons. The molecular weight excluding hydrogens is 358 g/mol. The molecule has 1 aromatic heterocycles. The molecule has 7 nitrogen and oxygen atoms in total. The van der Waals surface area contributed by atoms with Crippen LogP contribution in [0, 0.1) is 0 Å². The molecule has 0 unspecified atom stereocenters. The van der Waals surface area contributed by atoms with Crippen molar-refractivity contribution in [1.82, 2.24) is 9.55 Å². The number of amides is 1. The molecule has 0 aliphatic heterocycles. The summed E-state index contributed by atoms with van der Waals surface area (Å²) in [6.07, 6.45) is 1.27. The SMILES string of the molecule is CC(=O)Nc1cc(Cl)ccc1-c1cc(=O)n(CC(=O)OC(C)(C)C)cn1. The maximum atomic E-state index is 12.3. The largest absolute Gasteiger partial charge is 0.459 e. The minimum atomic E-state index is -0.634. The first-order chi connectivity index (χ1) is 12.0. The lowest BCUT2D eigenvalue weighted by Crippen LogP contribution is -2.30. The number of aromatic nitrogens is 2. The topological polar surface area (TPSA) is 90.3 Å². The van der Waals surface area contributed by atoms with Crippen molar-refractivity contribution in [3.63, 3.8) is 0 Å². The van der Waals surface area contributed by atoms with E-state index in [2.05, 4.69) is 10.3 Å². The van der Waals surface area contributed by atoms with Gasteiger partial charge in [-0.2, -0.15) is 0 Å². The van der Waals surface area contributed by atoms with Crippen LogP contribution in [0.15, 0.2) is 35.4 Å². The van der Waals surface area contributed by atoms with E-state index in [1.165, 1.54) is 19.3 Å². The molecule has 0 atom stereocenters. The van der Waals surface area contributed by atoms with Crippen molar-refractivity contribution in [2.24, 2.45) is 0 Å². The fourth-order valence-corrected chi connectivity index (χ4v) is 2.41. The number of esters is 1. The summed E-state index contributed by atoms with van der Waals surface area (Å²) in [6.45, 7) is 6.39. The summed E-state index contributed by atoms with van der Waals surface area (Å²) in [5.41, 5.74) is 0.304. The van der Waals surface area contributed by atoms with Crippen LogP contribution in [-0.4, -0.2) is 27.0 Å². The van der Waals surface area contributed by atoms with Gasteiger partial charge in [-0.05, 0) is 39.0 Å². The number of hydrogen-bond acceptors (Lipinski definition) is 5. The summed E-state index contributed by atoms with van der Waals surface area (Å²) in [6, 6.07) is 6.16. The van der Waals surface area contributed by atoms with Gasteiger partial charge in [0.1, 0.15) is 12.1 Å². The third kappa shape index (κ3) is 5.42. The van der Waals surface area contributed by atoms with Gasteiger partial charge in [-0.25, -0.2) is 4.98 Å². The zero-order chi connectivity index (χ0) is 19.5. The predicted molar refractivity (Wildman–Crippen MR) is 99.1 cm³/mol. The number of rotatable bonds is 4. The maximum absolute atomic E-state index is 12.3. The van der Waals surface area contributed by atoms with Gasteiger partial charge in [-0.1, -0.05) is 11.6 Å². The highest BCUT2D eigenvalue weighted by Gasteiger charge is 2.17. The lowest BCUT2D eigenvalue weighted by atomic mass is 10.1. The molecule has 2 aromatic rings. The van der Waals surface area contributed by atoms with Crippen LogP contribution in [0.1, 0.15) is 27.7 Å². The second kappa shape index (κ2) is 7.70. The average Bonchev–Trinajstić information content (AvgIpc) is 2.47. The number of benzene rings is 1. The molecule has 0 saturated heterocycles. The van der Waals surface area contributed by atoms with E-state index in [0.717, 1.165) is 4.57 Å². The van der Waals surface area contributed by atoms with E-state index in [9.17, 15) is 14.4 Å². The standard InChI is InChI=1S/C18H20ClN3O4/c1-11(23)21-15-7-12(19)5-6-13(15)14-8-16(24)22(10-20-14)9-17(25)26-18(2,3)4/h5-8,10H,9H2,1-4H3,(H,21,23). The van der Waals surface area contributed by atoms with Crippen LogP contribution >= 0.6 is 11.6 Å². The number of nitrogens with zero attached hydrogens (tertiary/aromatic N) is 2. The summed E-state index contributed by atoms with van der Waals surface area (Å²) < 4.78 is 6.36. The second-order valence-corrected chi connectivity index (χ2v) is 7.13. The Balaban J connectivity index is 2.32. The van der Waals surface area contributed by atoms with Crippen LogP contribution < -0.4 is 10.9 Å². The predicted octanol–water partition coefficient (Wildman–Crippen LogP) is 2.86. The number of carbonyl (C=O) groups is 2. The summed E-state index contributed by atoms with van der Waals surface area (Å²) in [4.78, 5) is 39.8. The molecule has 26 heavy (non-hydrogen) atoms. The van der Waals surface area contributed by atoms with Gasteiger partial charge in [-0.3, -0.25) is 19.0 Å². The normalized spacial score (nSPS) is 11.1. The van der Waals surface area contributed by atoms with E-state index in [4.69, 9.17) is 16.3 Å². The average molecular weight is 378 g/mol. The van der Waals surface area contributed by atoms with Crippen molar-refractivity contribution < 1.29 is 14.3 Å². The number of anilines is 1. The number of ether oxygens (including phenoxy) is 1. The van der Waals surface area contributed by atoms with Gasteiger partial charge in [0.15, 0.2) is 0 Å². The van der Waals surface area contributed by atoms with Gasteiger partial charge in [0.05, 0.1) is 17.7 Å². The first kappa shape index (κ1) is 19.7. The summed E-state index contributed by atoms with van der Waals surface area (Å²) >= 11 is 5.97. The minimum absolute atomic E-state index is 0.234. The van der Waals surface area contributed by atoms with Crippen LogP contribution in [0.5, 0.6) is 0 Å². The van der Waals surface area contributed by atoms with Gasteiger partial charge < -0.3 is 10.1 Å². The number of halogens is 1. The number of carbonyl (C=O) groups excluding carboxylic acids is 2. The smallest absolute Gasteiger partial charge is 0.326 e. The van der Waals surface area contributed by atoms with Crippen LogP contribution in [-0.2, 0) is 20.9 Å². The Hall–Kier alpha value is -2.67. The second-order valence-electron chi connectivity index (χ2n) is 6.70. The molecule has 0 aliphatic carbocycles. The van der Waals surface area contributed by atoms with Crippen molar-refractivity contribution in [3.05, 3.63) is 46.0 Å². The quantitative estimate of drug-likeness (QED) is 0.827. The van der Waals surface area contributed by atoms with Crippen LogP contribution in [0.3, 0.4) is 0 Å². The van der Waals surface area contributed by atoms with Crippen LogP contribution in [0.2, 0.25) is 5.02 Å². The minimum Gasteiger partial charge on any atom is -0.459 e. The lowest BCUT2D eigenvalue weighted by molar-refractivity contribution is -0.155. The molecular formula is C18H20ClN3O4. The zero-order valence-electron chi connectivity index (χ0n) is 15.0. The molecule has 1 amide bonds. The molecule has 2 rings (SSSR count). The summed E-state index contributed by atoms with van der Waals surface area (Å²) in [5, 5.41) is 3.10. The molecule has 1 aromatic carbocycles. The highest BCUT2D eigenvalue weighted by atomic mass is 35.5. The Morgan fingerprint density at radius 2 is 1.96 bits per heavy atom. The van der Waals surface area contributed by atoms with E-state index in [0.29, 0.717) is 22.0 Å². The first-order valence-electron chi connectivity index (χ1n) is 7.91. The third-order valence-electron chi connectivity index (χ3n) is 3.17. The van der Waals surface area contributed by atoms with Crippen molar-refractivity contribution in [2.75, 3.05) is 5.32 Å². The first-order valence-corrected chi connectivity index (χ1v) is 8.29. The molecule has 1 N–H and O–H groups in total. The van der Waals surface area contributed by atoms with Gasteiger partial charge in [0.25, 0.3) is 5.56 Å². The zero-order valence-corrected chi connectivity index (χ0v) is 15.8. The van der Waals surface area contributed by atoms with Gasteiger partial charge in [0.2, 0.25) is 5.91 Å². The number of hydrogen-bond donors (Lipinski definition) is 1. The highest BCUT2D eigenvalue weighted by molar-refractivity contribution is 6.31. The van der Waals surface area contributed by atoms with Gasteiger partial charge >= 0.3 is 5.97 Å². The molecule has 0 aliphatic rings. The van der Waals surface area contributed by atoms with Crippen molar-refractivity contribution >= 4 is 29.2 Å². The van der Waals surface area contributed by atoms with E-state index >= 15 is 0 Å². The fourth-order valence-electron chi connectivity index (χ4n) is 2.24. The molecule has 0 spiro atoms. The molecule has 1 heterocycles. The maximum Gasteiger partial charge on any atom is 0.326 e. The van der Waals surface area contributed by atoms with E-state index in [1.807, 2.05) is 0 Å². The lowest BCUT2D eigenvalue weighted by Gasteiger charge is -2.19. The Bertz CT molecular complexity index is 900. The van der Waals surface area contributed by atoms with E-state index in [-0.39, 0.29) is 12.5 Å². The van der Waals surface area contributed by atoms with E-state index < -0.39 is 17.1 Å². The Kier molecular flexibility index (Phi) is 5.82. The highest BCUT2D eigenvalue weighted by Crippen LogP contribution is 2.28. The Labute approximate surface area is 156 Å². The molecule has 0 bridgehead atoms. The summed E-state index contributed by atoms with van der Waals surface area (Å²) in [7, 11) is 0. The molecule has 0 fully saturated rings. The monoisotopic (exact) mass is 377 g/mol. The molecule has 138 valence electrons. The Morgan fingerprint density at radius 1 is 1.27 bits per heavy atom. The van der Waals surface area contributed by atoms with Gasteiger partial charge in [0, 0.05) is 23.6 Å². The number of nitrogens with one attached hydrogen (secondary N) is 1. The van der Waals surface area contributed by atoms with Crippen LogP contribution in [0.4, 0.5) is 5.69 Å². The van der Waals surface area contributed by atoms with Crippen LogP contribution in [0.25, 0.3) is 11.3 Å².